The molecule has 2 rings (SSSR count). The van der Waals surface area contributed by atoms with E-state index in [0.717, 1.165) is 16.9 Å². The Morgan fingerprint density at radius 3 is 2.88 bits per heavy atom. The number of carbonyl (C=O) groups excluding carboxylic acids is 1. The summed E-state index contributed by atoms with van der Waals surface area (Å²) in [7, 11) is 1.81. The summed E-state index contributed by atoms with van der Waals surface area (Å²) in [4.78, 5) is 15.8. The first-order valence-electron chi connectivity index (χ1n) is 5.46. The molecule has 0 aliphatic rings. The van der Waals surface area contributed by atoms with Crippen LogP contribution in [0.25, 0.3) is 11.2 Å². The minimum atomic E-state index is -0.0858. The Morgan fingerprint density at radius 2 is 2.24 bits per heavy atom. The van der Waals surface area contributed by atoms with E-state index < -0.39 is 0 Å². The summed E-state index contributed by atoms with van der Waals surface area (Å²) in [6.07, 6.45) is 0. The molecule has 0 saturated heterocycles. The van der Waals surface area contributed by atoms with E-state index >= 15 is 0 Å². The molecular formula is C10H16N6O. The standard InChI is InChI=1S/C10H16N6O/c1-4-12-7(17)5-16-9-8(13-10(16)11)6(2)14-15(9)3/h4-5H2,1-3H3,(H2,11,13)(H,12,17). The van der Waals surface area contributed by atoms with Gasteiger partial charge in [-0.15, -0.1) is 0 Å². The highest BCUT2D eigenvalue weighted by Gasteiger charge is 2.17. The summed E-state index contributed by atoms with van der Waals surface area (Å²) >= 11 is 0. The van der Waals surface area contributed by atoms with Crippen LogP contribution < -0.4 is 11.1 Å². The number of nitrogen functional groups attached to an aromatic ring is 1. The summed E-state index contributed by atoms with van der Waals surface area (Å²) in [5.41, 5.74) is 8.13. The Bertz CT molecular complexity index is 567. The molecule has 92 valence electrons. The Kier molecular flexibility index (Phi) is 2.74. The van der Waals surface area contributed by atoms with Crippen molar-refractivity contribution in [2.24, 2.45) is 7.05 Å². The van der Waals surface area contributed by atoms with Gasteiger partial charge in [0.1, 0.15) is 12.1 Å². The van der Waals surface area contributed by atoms with Crippen molar-refractivity contribution in [3.63, 3.8) is 0 Å². The molecule has 2 heterocycles. The molecule has 0 fully saturated rings. The van der Waals surface area contributed by atoms with Crippen LogP contribution in [0.1, 0.15) is 12.6 Å². The van der Waals surface area contributed by atoms with E-state index in [9.17, 15) is 4.79 Å². The fraction of sp³-hybridized carbons (Fsp3) is 0.500. The van der Waals surface area contributed by atoms with Crippen molar-refractivity contribution in [3.8, 4) is 0 Å². The second-order valence-electron chi connectivity index (χ2n) is 3.89. The van der Waals surface area contributed by atoms with Crippen LogP contribution in [0.3, 0.4) is 0 Å². The molecule has 0 aromatic carbocycles. The number of hydrogen-bond donors (Lipinski definition) is 2. The maximum Gasteiger partial charge on any atom is 0.240 e. The molecule has 0 saturated carbocycles. The van der Waals surface area contributed by atoms with Crippen LogP contribution in [-0.2, 0) is 18.4 Å². The Balaban J connectivity index is 2.45. The number of rotatable bonds is 3. The molecule has 0 unspecified atom stereocenters. The maximum atomic E-state index is 11.6. The first-order chi connectivity index (χ1) is 8.04. The Morgan fingerprint density at radius 1 is 1.53 bits per heavy atom. The van der Waals surface area contributed by atoms with Crippen molar-refractivity contribution in [3.05, 3.63) is 5.69 Å². The zero-order valence-electron chi connectivity index (χ0n) is 10.2. The fourth-order valence-electron chi connectivity index (χ4n) is 1.90. The molecule has 0 bridgehead atoms. The zero-order chi connectivity index (χ0) is 12.6. The van der Waals surface area contributed by atoms with Gasteiger partial charge in [0.15, 0.2) is 5.65 Å². The molecule has 3 N–H and O–H groups in total. The monoisotopic (exact) mass is 236 g/mol. The van der Waals surface area contributed by atoms with Crippen LogP contribution in [0, 0.1) is 6.92 Å². The third-order valence-corrected chi connectivity index (χ3v) is 2.60. The molecule has 0 atom stereocenters. The normalized spacial score (nSPS) is 11.0. The molecule has 7 heteroatoms. The topological polar surface area (TPSA) is 90.8 Å². The van der Waals surface area contributed by atoms with E-state index in [2.05, 4.69) is 15.4 Å². The summed E-state index contributed by atoms with van der Waals surface area (Å²) in [5, 5.41) is 6.98. The molecule has 2 aromatic rings. The number of aryl methyl sites for hydroxylation is 2. The van der Waals surface area contributed by atoms with Gasteiger partial charge in [-0.05, 0) is 13.8 Å². The lowest BCUT2D eigenvalue weighted by Crippen LogP contribution is -2.28. The molecule has 0 spiro atoms. The number of imidazole rings is 1. The highest BCUT2D eigenvalue weighted by molar-refractivity contribution is 5.82. The smallest absolute Gasteiger partial charge is 0.240 e. The van der Waals surface area contributed by atoms with Gasteiger partial charge in [0, 0.05) is 13.6 Å². The van der Waals surface area contributed by atoms with E-state index in [4.69, 9.17) is 5.73 Å². The predicted octanol–water partition coefficient (Wildman–Crippen LogP) is -0.203. The highest BCUT2D eigenvalue weighted by atomic mass is 16.1. The van der Waals surface area contributed by atoms with Gasteiger partial charge >= 0.3 is 0 Å². The van der Waals surface area contributed by atoms with E-state index in [1.165, 1.54) is 0 Å². The van der Waals surface area contributed by atoms with Crippen molar-refractivity contribution >= 4 is 23.0 Å². The van der Waals surface area contributed by atoms with Crippen LogP contribution in [0.4, 0.5) is 5.95 Å². The molecule has 0 aliphatic heterocycles. The summed E-state index contributed by atoms with van der Waals surface area (Å²) < 4.78 is 3.35. The van der Waals surface area contributed by atoms with Crippen molar-refractivity contribution in [2.75, 3.05) is 12.3 Å². The lowest BCUT2D eigenvalue weighted by atomic mass is 10.4. The van der Waals surface area contributed by atoms with Crippen LogP contribution in [0.15, 0.2) is 0 Å². The molecular weight excluding hydrogens is 220 g/mol. The van der Waals surface area contributed by atoms with Crippen LogP contribution in [0.2, 0.25) is 0 Å². The van der Waals surface area contributed by atoms with Gasteiger partial charge in [0.05, 0.1) is 5.69 Å². The largest absolute Gasteiger partial charge is 0.369 e. The van der Waals surface area contributed by atoms with E-state index in [0.29, 0.717) is 12.5 Å². The predicted molar refractivity (Wildman–Crippen MR) is 64.3 cm³/mol. The second kappa shape index (κ2) is 4.08. The summed E-state index contributed by atoms with van der Waals surface area (Å²) in [6, 6.07) is 0. The number of likely N-dealkylation sites (N-methyl/N-ethyl adjacent to an activating group) is 1. The highest BCUT2D eigenvalue weighted by Crippen LogP contribution is 2.19. The Hall–Kier alpha value is -2.05. The third kappa shape index (κ3) is 1.83. The van der Waals surface area contributed by atoms with Crippen molar-refractivity contribution in [2.45, 2.75) is 20.4 Å². The Labute approximate surface area is 98.6 Å². The SMILES string of the molecule is CCNC(=O)Cn1c(N)nc2c(C)nn(C)c21. The quantitative estimate of drug-likeness (QED) is 0.772. The van der Waals surface area contributed by atoms with E-state index in [1.807, 2.05) is 20.9 Å². The number of fused-ring (bicyclic) bond motifs is 1. The van der Waals surface area contributed by atoms with E-state index in [1.54, 1.807) is 9.25 Å². The summed E-state index contributed by atoms with van der Waals surface area (Å²) in [6.45, 7) is 4.50. The van der Waals surface area contributed by atoms with E-state index in [-0.39, 0.29) is 12.5 Å². The number of carbonyl (C=O) groups is 1. The number of nitrogens with zero attached hydrogens (tertiary/aromatic N) is 4. The van der Waals surface area contributed by atoms with Crippen molar-refractivity contribution < 1.29 is 4.79 Å². The van der Waals surface area contributed by atoms with Gasteiger partial charge in [0.2, 0.25) is 11.9 Å². The van der Waals surface area contributed by atoms with Crippen molar-refractivity contribution in [1.29, 1.82) is 0 Å². The molecule has 7 nitrogen and oxygen atoms in total. The molecule has 1 amide bonds. The minimum absolute atomic E-state index is 0.0858. The van der Waals surface area contributed by atoms with Gasteiger partial charge in [-0.1, -0.05) is 0 Å². The van der Waals surface area contributed by atoms with Crippen LogP contribution in [0.5, 0.6) is 0 Å². The average Bonchev–Trinajstić information content (AvgIpc) is 2.69. The maximum absolute atomic E-state index is 11.6. The number of nitrogens with two attached hydrogens (primary N) is 1. The first-order valence-corrected chi connectivity index (χ1v) is 5.46. The van der Waals surface area contributed by atoms with Crippen molar-refractivity contribution in [1.82, 2.24) is 24.6 Å². The van der Waals surface area contributed by atoms with Crippen LogP contribution >= 0.6 is 0 Å². The number of nitrogens with one attached hydrogen (secondary N) is 1. The second-order valence-corrected chi connectivity index (χ2v) is 3.89. The average molecular weight is 236 g/mol. The zero-order valence-corrected chi connectivity index (χ0v) is 10.2. The molecule has 0 aliphatic carbocycles. The van der Waals surface area contributed by atoms with Gasteiger partial charge in [-0.3, -0.25) is 14.0 Å². The van der Waals surface area contributed by atoms with Gasteiger partial charge in [0.25, 0.3) is 0 Å². The third-order valence-electron chi connectivity index (χ3n) is 2.60. The first kappa shape index (κ1) is 11.4. The minimum Gasteiger partial charge on any atom is -0.369 e. The van der Waals surface area contributed by atoms with Crippen LogP contribution in [-0.4, -0.2) is 31.8 Å². The lowest BCUT2D eigenvalue weighted by Gasteiger charge is -2.06. The van der Waals surface area contributed by atoms with Gasteiger partial charge < -0.3 is 11.1 Å². The number of anilines is 1. The van der Waals surface area contributed by atoms with Gasteiger partial charge in [-0.2, -0.15) is 5.10 Å². The molecule has 0 radical (unpaired) electrons. The fourth-order valence-corrected chi connectivity index (χ4v) is 1.90. The number of hydrogen-bond acceptors (Lipinski definition) is 4. The summed E-state index contributed by atoms with van der Waals surface area (Å²) in [5.74, 6) is 0.250. The lowest BCUT2D eigenvalue weighted by molar-refractivity contribution is -0.121. The van der Waals surface area contributed by atoms with Gasteiger partial charge in [-0.25, -0.2) is 4.98 Å². The molecule has 17 heavy (non-hydrogen) atoms. The molecule has 2 aromatic heterocycles. The number of aromatic nitrogens is 4. The number of amides is 1.